The minimum absolute atomic E-state index is 0.0144. The molecule has 0 fully saturated rings. The fourth-order valence-corrected chi connectivity index (χ4v) is 3.85. The van der Waals surface area contributed by atoms with Crippen LogP contribution < -0.4 is 20.1 Å². The largest absolute Gasteiger partial charge is 0.493 e. The molecule has 0 saturated heterocycles. The van der Waals surface area contributed by atoms with Crippen molar-refractivity contribution >= 4 is 17.6 Å². The van der Waals surface area contributed by atoms with Crippen molar-refractivity contribution in [2.45, 2.75) is 12.3 Å². The summed E-state index contributed by atoms with van der Waals surface area (Å²) in [6.07, 6.45) is -2.71. The number of methoxy groups -OCH3 is 3. The lowest BCUT2D eigenvalue weighted by Crippen LogP contribution is -2.40. The number of nitrogens with two attached hydrogens (primary N) is 1. The molecule has 9 nitrogen and oxygen atoms in total. The van der Waals surface area contributed by atoms with Crippen molar-refractivity contribution in [3.05, 3.63) is 76.8 Å². The highest BCUT2D eigenvalue weighted by atomic mass is 19.3. The minimum Gasteiger partial charge on any atom is -0.493 e. The number of anilines is 1. The van der Waals surface area contributed by atoms with Crippen molar-refractivity contribution in [2.24, 2.45) is 5.73 Å². The van der Waals surface area contributed by atoms with Gasteiger partial charge in [0.25, 0.3) is 6.43 Å². The van der Waals surface area contributed by atoms with Gasteiger partial charge in [-0.3, -0.25) is 4.90 Å². The zero-order chi connectivity index (χ0) is 26.4. The lowest BCUT2D eigenvalue weighted by atomic mass is 9.81. The molecule has 1 atom stereocenters. The second kappa shape index (κ2) is 11.2. The van der Waals surface area contributed by atoms with Crippen LogP contribution >= 0.6 is 0 Å². The quantitative estimate of drug-likeness (QED) is 0.545. The number of nitriles is 1. The topological polar surface area (TPSA) is 124 Å². The number of alkyl halides is 2. The van der Waals surface area contributed by atoms with Crippen molar-refractivity contribution in [2.75, 3.05) is 32.8 Å². The summed E-state index contributed by atoms with van der Waals surface area (Å²) in [5.41, 5.74) is 6.65. The Morgan fingerprint density at radius 2 is 1.72 bits per heavy atom. The number of allylic oxidation sites excluding steroid dienone is 1. The van der Waals surface area contributed by atoms with Crippen LogP contribution in [0.2, 0.25) is 0 Å². The number of rotatable bonds is 8. The number of hydrogen-bond donors (Lipinski definition) is 1. The maximum absolute atomic E-state index is 13.1. The first-order valence-corrected chi connectivity index (χ1v) is 10.5. The van der Waals surface area contributed by atoms with E-state index in [1.54, 1.807) is 30.3 Å². The van der Waals surface area contributed by atoms with E-state index in [0.717, 1.165) is 19.1 Å². The van der Waals surface area contributed by atoms with Crippen molar-refractivity contribution in [3.8, 4) is 17.6 Å². The molecule has 2 N–H and O–H groups in total. The van der Waals surface area contributed by atoms with Crippen LogP contribution in [0.25, 0.3) is 0 Å². The molecular weight excluding hydrogens is 476 g/mol. The summed E-state index contributed by atoms with van der Waals surface area (Å²) in [6.45, 7) is -0.862. The molecular formula is C25H23F2N3O6. The summed E-state index contributed by atoms with van der Waals surface area (Å²) < 4.78 is 45.6. The fourth-order valence-electron chi connectivity index (χ4n) is 3.85. The summed E-state index contributed by atoms with van der Waals surface area (Å²) in [4.78, 5) is 27.3. The van der Waals surface area contributed by atoms with Crippen molar-refractivity contribution in [1.82, 2.24) is 0 Å². The van der Waals surface area contributed by atoms with E-state index in [4.69, 9.17) is 24.7 Å². The number of hydrogen-bond acceptors (Lipinski definition) is 9. The normalized spacial score (nSPS) is 15.5. The Labute approximate surface area is 205 Å². The van der Waals surface area contributed by atoms with E-state index in [2.05, 4.69) is 0 Å². The van der Waals surface area contributed by atoms with Gasteiger partial charge in [0.15, 0.2) is 11.5 Å². The van der Waals surface area contributed by atoms with Gasteiger partial charge < -0.3 is 24.7 Å². The standard InChI is InChI=1S/C25H23F2N3O6/c1-33-18-11-15(9-10-17(18)36-13-19(26)27)30-22(25(32)35-3)21(24(31)34-2)20(16(12-28)23(30)29)14-7-5-4-6-8-14/h4-11,19-20H,13,29H2,1-3H3. The third-order valence-corrected chi connectivity index (χ3v) is 5.38. The highest BCUT2D eigenvalue weighted by Gasteiger charge is 2.43. The van der Waals surface area contributed by atoms with Crippen LogP contribution in [0.4, 0.5) is 14.5 Å². The first-order chi connectivity index (χ1) is 17.3. The van der Waals surface area contributed by atoms with Crippen LogP contribution in [0.5, 0.6) is 11.5 Å². The van der Waals surface area contributed by atoms with Gasteiger partial charge in [0, 0.05) is 6.07 Å². The summed E-state index contributed by atoms with van der Waals surface area (Å²) >= 11 is 0. The van der Waals surface area contributed by atoms with Crippen molar-refractivity contribution in [1.29, 1.82) is 5.26 Å². The lowest BCUT2D eigenvalue weighted by Gasteiger charge is -2.36. The minimum atomic E-state index is -2.71. The molecule has 1 aliphatic heterocycles. The summed E-state index contributed by atoms with van der Waals surface area (Å²) in [6, 6.07) is 14.7. The smallest absolute Gasteiger partial charge is 0.355 e. The van der Waals surface area contributed by atoms with Crippen molar-refractivity contribution in [3.63, 3.8) is 0 Å². The van der Waals surface area contributed by atoms with Gasteiger partial charge in [-0.1, -0.05) is 30.3 Å². The molecule has 0 radical (unpaired) electrons. The Morgan fingerprint density at radius 1 is 1.06 bits per heavy atom. The maximum atomic E-state index is 13.1. The van der Waals surface area contributed by atoms with Gasteiger partial charge >= 0.3 is 11.9 Å². The van der Waals surface area contributed by atoms with Gasteiger partial charge in [0.2, 0.25) is 0 Å². The van der Waals surface area contributed by atoms with E-state index >= 15 is 0 Å². The van der Waals surface area contributed by atoms with Gasteiger partial charge in [-0.05, 0) is 17.7 Å². The molecule has 1 unspecified atom stereocenters. The van der Waals surface area contributed by atoms with Crippen LogP contribution in [0.3, 0.4) is 0 Å². The first kappa shape index (κ1) is 26.0. The number of benzene rings is 2. The van der Waals surface area contributed by atoms with Crippen LogP contribution in [-0.4, -0.2) is 46.3 Å². The second-order valence-electron chi connectivity index (χ2n) is 7.37. The predicted octanol–water partition coefficient (Wildman–Crippen LogP) is 3.24. The molecule has 2 aromatic rings. The molecule has 11 heteroatoms. The van der Waals surface area contributed by atoms with Gasteiger partial charge in [0.1, 0.15) is 18.1 Å². The molecule has 0 saturated carbocycles. The van der Waals surface area contributed by atoms with E-state index in [1.807, 2.05) is 6.07 Å². The Bertz CT molecular complexity index is 1250. The Balaban J connectivity index is 2.31. The Kier molecular flexibility index (Phi) is 8.11. The Morgan fingerprint density at radius 3 is 2.28 bits per heavy atom. The molecule has 3 rings (SSSR count). The zero-order valence-electron chi connectivity index (χ0n) is 19.7. The monoisotopic (exact) mass is 499 g/mol. The summed E-state index contributed by atoms with van der Waals surface area (Å²) in [5.74, 6) is -2.91. The lowest BCUT2D eigenvalue weighted by molar-refractivity contribution is -0.139. The SMILES string of the molecule is COC(=O)C1=C(C(=O)OC)N(c2ccc(OCC(F)F)c(OC)c2)C(N)=C(C#N)C1c1ccccc1. The molecule has 0 aliphatic carbocycles. The molecule has 2 aromatic carbocycles. The third kappa shape index (κ3) is 4.93. The van der Waals surface area contributed by atoms with E-state index in [9.17, 15) is 23.6 Å². The molecule has 0 bridgehead atoms. The second-order valence-corrected chi connectivity index (χ2v) is 7.37. The van der Waals surface area contributed by atoms with Gasteiger partial charge in [0.05, 0.1) is 50.2 Å². The van der Waals surface area contributed by atoms with E-state index in [-0.39, 0.29) is 39.9 Å². The predicted molar refractivity (Wildman–Crippen MR) is 124 cm³/mol. The summed E-state index contributed by atoms with van der Waals surface area (Å²) in [7, 11) is 3.57. The van der Waals surface area contributed by atoms with E-state index in [1.165, 1.54) is 25.3 Å². The van der Waals surface area contributed by atoms with Gasteiger partial charge in [-0.2, -0.15) is 5.26 Å². The number of ether oxygens (including phenoxy) is 4. The molecule has 36 heavy (non-hydrogen) atoms. The molecule has 1 heterocycles. The van der Waals surface area contributed by atoms with Gasteiger partial charge in [-0.25, -0.2) is 18.4 Å². The number of carbonyl (C=O) groups is 2. The average molecular weight is 499 g/mol. The van der Waals surface area contributed by atoms with Crippen molar-refractivity contribution < 1.29 is 37.3 Å². The maximum Gasteiger partial charge on any atom is 0.355 e. The molecule has 188 valence electrons. The zero-order valence-corrected chi connectivity index (χ0v) is 19.7. The van der Waals surface area contributed by atoms with Crippen LogP contribution in [0.1, 0.15) is 11.5 Å². The molecule has 0 aromatic heterocycles. The average Bonchev–Trinajstić information content (AvgIpc) is 2.90. The van der Waals surface area contributed by atoms with Crippen LogP contribution in [0, 0.1) is 11.3 Å². The highest BCUT2D eigenvalue weighted by Crippen LogP contribution is 2.44. The third-order valence-electron chi connectivity index (χ3n) is 5.38. The number of nitrogens with zero attached hydrogens (tertiary/aromatic N) is 2. The highest BCUT2D eigenvalue weighted by molar-refractivity contribution is 6.06. The van der Waals surface area contributed by atoms with E-state index < -0.39 is 30.9 Å². The van der Waals surface area contributed by atoms with E-state index in [0.29, 0.717) is 5.56 Å². The first-order valence-electron chi connectivity index (χ1n) is 10.5. The summed E-state index contributed by atoms with van der Waals surface area (Å²) in [5, 5.41) is 10.1. The van der Waals surface area contributed by atoms with Crippen LogP contribution in [-0.2, 0) is 19.1 Å². The molecule has 0 spiro atoms. The van der Waals surface area contributed by atoms with Gasteiger partial charge in [-0.15, -0.1) is 0 Å². The molecule has 0 amide bonds. The molecule has 1 aliphatic rings. The fraction of sp³-hybridized carbons (Fsp3) is 0.240. The Hall–Kier alpha value is -4.59. The van der Waals surface area contributed by atoms with Crippen LogP contribution in [0.15, 0.2) is 71.2 Å². The number of carbonyl (C=O) groups excluding carboxylic acids is 2. The number of halogens is 2. The number of esters is 2.